The second-order valence-corrected chi connectivity index (χ2v) is 8.27. The zero-order valence-electron chi connectivity index (χ0n) is 18.7. The predicted molar refractivity (Wildman–Crippen MR) is 118 cm³/mol. The van der Waals surface area contributed by atoms with Crippen molar-refractivity contribution in [2.75, 3.05) is 13.2 Å². The third kappa shape index (κ3) is 27.0. The Morgan fingerprint density at radius 1 is 0.900 bits per heavy atom. The Kier molecular flexibility index (Phi) is 22.1. The van der Waals surface area contributed by atoms with E-state index in [1.165, 1.54) is 44.9 Å². The normalized spacial score (nSPS) is 11.9. The van der Waals surface area contributed by atoms with E-state index < -0.39 is 13.9 Å². The Hall–Kier alpha value is -0.990. The van der Waals surface area contributed by atoms with Crippen LogP contribution in [-0.2, 0) is 18.9 Å². The van der Waals surface area contributed by atoms with Crippen molar-refractivity contribution in [3.05, 3.63) is 0 Å². The molecule has 9 nitrogen and oxygen atoms in total. The van der Waals surface area contributed by atoms with Crippen molar-refractivity contribution in [2.24, 2.45) is 5.73 Å². The standard InChI is InChI=1S/C20H40N2O3.H3O4P/c1-3-5-6-7-8-9-10-11-12-16-19(23)22-18(15-13-14-17-21)20(24)25-4-2;1-5(2,3)4/h18H,3-17,21H2,1-2H3,(H,22,23);(H3,1,2,3,4)/t18-;/m0./s1. The van der Waals surface area contributed by atoms with Gasteiger partial charge in [0.25, 0.3) is 0 Å². The van der Waals surface area contributed by atoms with Crippen LogP contribution >= 0.6 is 7.82 Å². The summed E-state index contributed by atoms with van der Waals surface area (Å²) in [5.41, 5.74) is 5.49. The molecule has 0 unspecified atom stereocenters. The number of carbonyl (C=O) groups is 2. The molecule has 0 rings (SSSR count). The summed E-state index contributed by atoms with van der Waals surface area (Å²) in [6.07, 6.45) is 13.8. The first kappa shape index (κ1) is 31.2. The molecule has 0 aliphatic carbocycles. The second kappa shape index (κ2) is 21.2. The minimum atomic E-state index is -4.64. The van der Waals surface area contributed by atoms with Crippen molar-refractivity contribution in [1.82, 2.24) is 5.32 Å². The summed E-state index contributed by atoms with van der Waals surface area (Å²) in [5.74, 6) is -0.381. The maximum absolute atomic E-state index is 12.1. The lowest BCUT2D eigenvalue weighted by atomic mass is 10.1. The van der Waals surface area contributed by atoms with Crippen molar-refractivity contribution in [1.29, 1.82) is 0 Å². The number of amides is 1. The van der Waals surface area contributed by atoms with Gasteiger partial charge in [-0.1, -0.05) is 58.3 Å². The van der Waals surface area contributed by atoms with Crippen LogP contribution in [0.4, 0.5) is 0 Å². The molecular weight excluding hydrogens is 411 g/mol. The van der Waals surface area contributed by atoms with Crippen LogP contribution in [0.3, 0.4) is 0 Å². The molecule has 0 bridgehead atoms. The number of phosphoric acid groups is 1. The van der Waals surface area contributed by atoms with Gasteiger partial charge in [0.1, 0.15) is 6.04 Å². The van der Waals surface area contributed by atoms with Crippen molar-refractivity contribution < 1.29 is 33.6 Å². The lowest BCUT2D eigenvalue weighted by molar-refractivity contribution is -0.147. The summed E-state index contributed by atoms with van der Waals surface area (Å²) in [6, 6.07) is -0.530. The molecule has 1 atom stereocenters. The van der Waals surface area contributed by atoms with Crippen molar-refractivity contribution in [2.45, 2.75) is 103 Å². The van der Waals surface area contributed by atoms with E-state index in [1.807, 2.05) is 0 Å². The maximum atomic E-state index is 12.1. The maximum Gasteiger partial charge on any atom is 0.466 e. The Labute approximate surface area is 181 Å². The third-order valence-electron chi connectivity index (χ3n) is 4.36. The Morgan fingerprint density at radius 2 is 1.40 bits per heavy atom. The van der Waals surface area contributed by atoms with E-state index in [4.69, 9.17) is 29.7 Å². The molecular formula is C20H43N2O7P. The van der Waals surface area contributed by atoms with Gasteiger partial charge in [-0.05, 0) is 39.2 Å². The van der Waals surface area contributed by atoms with E-state index in [1.54, 1.807) is 6.92 Å². The molecule has 0 aliphatic rings. The van der Waals surface area contributed by atoms with Crippen LogP contribution in [0, 0.1) is 0 Å². The van der Waals surface area contributed by atoms with Crippen LogP contribution in [0.5, 0.6) is 0 Å². The zero-order chi connectivity index (χ0) is 23.3. The first-order valence-corrected chi connectivity index (χ1v) is 12.7. The van der Waals surface area contributed by atoms with Crippen LogP contribution in [0.15, 0.2) is 0 Å². The fourth-order valence-electron chi connectivity index (χ4n) is 2.85. The predicted octanol–water partition coefficient (Wildman–Crippen LogP) is 3.16. The smallest absolute Gasteiger partial charge is 0.464 e. The fraction of sp³-hybridized carbons (Fsp3) is 0.900. The highest BCUT2D eigenvalue weighted by Gasteiger charge is 2.21. The molecule has 1 amide bonds. The topological polar surface area (TPSA) is 159 Å². The van der Waals surface area contributed by atoms with Gasteiger partial charge in [0.05, 0.1) is 6.61 Å². The minimum Gasteiger partial charge on any atom is -0.464 e. The van der Waals surface area contributed by atoms with Gasteiger partial charge in [-0.25, -0.2) is 9.36 Å². The molecule has 0 heterocycles. The molecule has 0 aromatic heterocycles. The van der Waals surface area contributed by atoms with Gasteiger partial charge in [-0.3, -0.25) is 4.79 Å². The largest absolute Gasteiger partial charge is 0.466 e. The highest BCUT2D eigenvalue weighted by atomic mass is 31.2. The molecule has 30 heavy (non-hydrogen) atoms. The van der Waals surface area contributed by atoms with E-state index in [-0.39, 0.29) is 11.9 Å². The average molecular weight is 455 g/mol. The molecule has 0 aromatic carbocycles. The van der Waals surface area contributed by atoms with Gasteiger partial charge in [0.15, 0.2) is 0 Å². The molecule has 180 valence electrons. The number of unbranched alkanes of at least 4 members (excludes halogenated alkanes) is 9. The van der Waals surface area contributed by atoms with Crippen LogP contribution < -0.4 is 11.1 Å². The number of rotatable bonds is 17. The van der Waals surface area contributed by atoms with Crippen LogP contribution in [0.25, 0.3) is 0 Å². The number of nitrogens with one attached hydrogen (secondary N) is 1. The van der Waals surface area contributed by atoms with Gasteiger partial charge in [-0.15, -0.1) is 0 Å². The molecule has 0 spiro atoms. The highest BCUT2D eigenvalue weighted by molar-refractivity contribution is 7.45. The van der Waals surface area contributed by atoms with Gasteiger partial charge in [0, 0.05) is 6.42 Å². The number of ether oxygens (including phenoxy) is 1. The number of carbonyl (C=O) groups excluding carboxylic acids is 2. The van der Waals surface area contributed by atoms with E-state index in [2.05, 4.69) is 12.2 Å². The number of nitrogens with two attached hydrogens (primary N) is 1. The van der Waals surface area contributed by atoms with Gasteiger partial charge >= 0.3 is 13.8 Å². The number of hydrogen-bond donors (Lipinski definition) is 5. The fourth-order valence-corrected chi connectivity index (χ4v) is 2.85. The molecule has 6 N–H and O–H groups in total. The number of esters is 1. The van der Waals surface area contributed by atoms with Crippen LogP contribution in [-0.4, -0.2) is 45.8 Å². The molecule has 0 saturated heterocycles. The van der Waals surface area contributed by atoms with Gasteiger partial charge in [-0.2, -0.15) is 0 Å². The minimum absolute atomic E-state index is 0.0475. The Balaban J connectivity index is 0. The zero-order valence-corrected chi connectivity index (χ0v) is 19.6. The average Bonchev–Trinajstić information content (AvgIpc) is 2.65. The summed E-state index contributed by atoms with van der Waals surface area (Å²) in [6.45, 7) is 4.94. The third-order valence-corrected chi connectivity index (χ3v) is 4.36. The molecule has 0 radical (unpaired) electrons. The van der Waals surface area contributed by atoms with Crippen LogP contribution in [0.1, 0.15) is 97.3 Å². The summed E-state index contributed by atoms with van der Waals surface area (Å²) < 4.78 is 13.9. The Bertz CT molecular complexity index is 464. The molecule has 0 fully saturated rings. The molecule has 0 aromatic rings. The highest BCUT2D eigenvalue weighted by Crippen LogP contribution is 2.25. The summed E-state index contributed by atoms with van der Waals surface area (Å²) in [5, 5.41) is 2.83. The van der Waals surface area contributed by atoms with Crippen molar-refractivity contribution in [3.63, 3.8) is 0 Å². The van der Waals surface area contributed by atoms with Gasteiger partial charge in [0.2, 0.25) is 5.91 Å². The van der Waals surface area contributed by atoms with Gasteiger partial charge < -0.3 is 30.5 Å². The van der Waals surface area contributed by atoms with E-state index in [9.17, 15) is 9.59 Å². The van der Waals surface area contributed by atoms with E-state index in [0.29, 0.717) is 26.0 Å². The van der Waals surface area contributed by atoms with Crippen molar-refractivity contribution in [3.8, 4) is 0 Å². The SMILES string of the molecule is CCCCCCCCCCCC(=O)N[C@@H](CCCCN)C(=O)OCC.O=P(O)(O)O. The second-order valence-electron chi connectivity index (χ2n) is 7.25. The summed E-state index contributed by atoms with van der Waals surface area (Å²) >= 11 is 0. The summed E-state index contributed by atoms with van der Waals surface area (Å²) in [4.78, 5) is 45.5. The first-order chi connectivity index (χ1) is 14.2. The molecule has 0 saturated carbocycles. The molecule has 10 heteroatoms. The lowest BCUT2D eigenvalue weighted by Gasteiger charge is -2.17. The van der Waals surface area contributed by atoms with E-state index in [0.717, 1.165) is 25.7 Å². The monoisotopic (exact) mass is 454 g/mol. The quantitative estimate of drug-likeness (QED) is 0.127. The lowest BCUT2D eigenvalue weighted by Crippen LogP contribution is -2.41. The number of hydrogen-bond acceptors (Lipinski definition) is 5. The summed E-state index contributed by atoms with van der Waals surface area (Å²) in [7, 11) is -4.64. The van der Waals surface area contributed by atoms with Crippen LogP contribution in [0.2, 0.25) is 0 Å². The first-order valence-electron chi connectivity index (χ1n) is 11.1. The molecule has 0 aliphatic heterocycles. The van der Waals surface area contributed by atoms with Crippen molar-refractivity contribution >= 4 is 19.7 Å². The van der Waals surface area contributed by atoms with E-state index >= 15 is 0 Å². The Morgan fingerprint density at radius 3 is 1.87 bits per heavy atom.